The quantitative estimate of drug-likeness (QED) is 0.899. The average Bonchev–Trinajstić information content (AvgIpc) is 2.44. The minimum atomic E-state index is -0.866. The summed E-state index contributed by atoms with van der Waals surface area (Å²) in [5.41, 5.74) is -0.659. The zero-order chi connectivity index (χ0) is 14.8. The molecule has 1 aromatic carbocycles. The molecular formula is C14H15BrFN3O. The van der Waals surface area contributed by atoms with E-state index in [9.17, 15) is 14.4 Å². The van der Waals surface area contributed by atoms with Gasteiger partial charge in [-0.25, -0.2) is 4.39 Å². The molecular weight excluding hydrogens is 325 g/mol. The van der Waals surface area contributed by atoms with Crippen LogP contribution in [-0.4, -0.2) is 36.5 Å². The summed E-state index contributed by atoms with van der Waals surface area (Å²) in [6, 6.07) is 6.13. The molecule has 2 rings (SSSR count). The van der Waals surface area contributed by atoms with Crippen molar-refractivity contribution in [2.75, 3.05) is 20.1 Å². The third-order valence-corrected chi connectivity index (χ3v) is 4.27. The van der Waals surface area contributed by atoms with Crippen molar-refractivity contribution in [1.82, 2.24) is 10.2 Å². The van der Waals surface area contributed by atoms with E-state index >= 15 is 0 Å². The maximum atomic E-state index is 13.2. The van der Waals surface area contributed by atoms with E-state index in [2.05, 4.69) is 32.2 Å². The fourth-order valence-electron chi connectivity index (χ4n) is 2.22. The minimum absolute atomic E-state index is 0.207. The topological polar surface area (TPSA) is 56.1 Å². The Hall–Kier alpha value is -1.45. The standard InChI is InChI=1S/C14H15BrFN3O/c1-19-6-4-14(9-17,5-7-19)18-13(20)11-8-10(16)2-3-12(11)15/h2-3,8H,4-7H2,1H3,(H,18,20). The van der Waals surface area contributed by atoms with E-state index in [0.29, 0.717) is 17.3 Å². The number of piperidine rings is 1. The highest BCUT2D eigenvalue weighted by atomic mass is 79.9. The van der Waals surface area contributed by atoms with Crippen LogP contribution in [0.4, 0.5) is 4.39 Å². The summed E-state index contributed by atoms with van der Waals surface area (Å²) in [7, 11) is 1.98. The monoisotopic (exact) mass is 339 g/mol. The van der Waals surface area contributed by atoms with Crippen LogP contribution >= 0.6 is 15.9 Å². The first-order valence-corrected chi connectivity index (χ1v) is 7.12. The van der Waals surface area contributed by atoms with Crippen molar-refractivity contribution in [1.29, 1.82) is 5.26 Å². The van der Waals surface area contributed by atoms with Crippen molar-refractivity contribution in [2.24, 2.45) is 0 Å². The van der Waals surface area contributed by atoms with Gasteiger partial charge >= 0.3 is 0 Å². The number of rotatable bonds is 2. The smallest absolute Gasteiger partial charge is 0.253 e. The lowest BCUT2D eigenvalue weighted by Crippen LogP contribution is -2.53. The number of carbonyl (C=O) groups is 1. The number of halogens is 2. The van der Waals surface area contributed by atoms with E-state index in [-0.39, 0.29) is 5.56 Å². The Morgan fingerprint density at radius 2 is 2.15 bits per heavy atom. The van der Waals surface area contributed by atoms with Crippen LogP contribution in [0.15, 0.2) is 22.7 Å². The summed E-state index contributed by atoms with van der Waals surface area (Å²) < 4.78 is 13.8. The summed E-state index contributed by atoms with van der Waals surface area (Å²) in [4.78, 5) is 14.4. The molecule has 1 aromatic rings. The van der Waals surface area contributed by atoms with Crippen LogP contribution in [0, 0.1) is 17.1 Å². The number of carbonyl (C=O) groups excluding carboxylic acids is 1. The van der Waals surface area contributed by atoms with Gasteiger partial charge in [0.1, 0.15) is 11.4 Å². The van der Waals surface area contributed by atoms with Crippen LogP contribution in [0.25, 0.3) is 0 Å². The van der Waals surface area contributed by atoms with Gasteiger partial charge in [0, 0.05) is 17.6 Å². The van der Waals surface area contributed by atoms with Crippen molar-refractivity contribution in [2.45, 2.75) is 18.4 Å². The summed E-state index contributed by atoms with van der Waals surface area (Å²) in [5, 5.41) is 12.1. The summed E-state index contributed by atoms with van der Waals surface area (Å²) >= 11 is 3.23. The van der Waals surface area contributed by atoms with Gasteiger partial charge in [-0.1, -0.05) is 0 Å². The maximum Gasteiger partial charge on any atom is 0.253 e. The normalized spacial score (nSPS) is 18.3. The van der Waals surface area contributed by atoms with Gasteiger partial charge in [-0.05, 0) is 54.0 Å². The summed E-state index contributed by atoms with van der Waals surface area (Å²) in [5.74, 6) is -0.907. The first kappa shape index (κ1) is 14.9. The zero-order valence-corrected chi connectivity index (χ0v) is 12.7. The molecule has 0 unspecified atom stereocenters. The second kappa shape index (κ2) is 5.90. The Labute approximate surface area is 125 Å². The molecule has 106 valence electrons. The zero-order valence-electron chi connectivity index (χ0n) is 11.1. The van der Waals surface area contributed by atoms with Crippen LogP contribution in [-0.2, 0) is 0 Å². The molecule has 4 nitrogen and oxygen atoms in total. The van der Waals surface area contributed by atoms with Gasteiger partial charge in [0.2, 0.25) is 0 Å². The highest BCUT2D eigenvalue weighted by Crippen LogP contribution is 2.23. The lowest BCUT2D eigenvalue weighted by Gasteiger charge is -2.36. The van der Waals surface area contributed by atoms with Gasteiger partial charge in [-0.3, -0.25) is 4.79 Å². The fraction of sp³-hybridized carbons (Fsp3) is 0.429. The van der Waals surface area contributed by atoms with Gasteiger partial charge in [-0.15, -0.1) is 0 Å². The van der Waals surface area contributed by atoms with E-state index in [4.69, 9.17) is 0 Å². The number of likely N-dealkylation sites (tertiary alicyclic amines) is 1. The lowest BCUT2D eigenvalue weighted by atomic mass is 9.89. The summed E-state index contributed by atoms with van der Waals surface area (Å²) in [6.45, 7) is 1.50. The molecule has 0 spiro atoms. The molecule has 1 aliphatic heterocycles. The molecule has 1 aliphatic rings. The number of nitriles is 1. The predicted molar refractivity (Wildman–Crippen MR) is 76.6 cm³/mol. The molecule has 0 aliphatic carbocycles. The van der Waals surface area contributed by atoms with E-state index in [1.54, 1.807) is 0 Å². The van der Waals surface area contributed by atoms with Gasteiger partial charge in [0.05, 0.1) is 11.6 Å². The van der Waals surface area contributed by atoms with Gasteiger partial charge in [0.25, 0.3) is 5.91 Å². The molecule has 1 amide bonds. The predicted octanol–water partition coefficient (Wildman–Crippen LogP) is 2.31. The summed E-state index contributed by atoms with van der Waals surface area (Å²) in [6.07, 6.45) is 1.14. The van der Waals surface area contributed by atoms with Crippen LogP contribution < -0.4 is 5.32 Å². The molecule has 0 saturated carbocycles. The highest BCUT2D eigenvalue weighted by molar-refractivity contribution is 9.10. The van der Waals surface area contributed by atoms with Gasteiger partial charge < -0.3 is 10.2 Å². The molecule has 0 aromatic heterocycles. The molecule has 1 N–H and O–H groups in total. The van der Waals surface area contributed by atoms with Crippen LogP contribution in [0.5, 0.6) is 0 Å². The van der Waals surface area contributed by atoms with Crippen LogP contribution in [0.1, 0.15) is 23.2 Å². The molecule has 20 heavy (non-hydrogen) atoms. The van der Waals surface area contributed by atoms with E-state index < -0.39 is 17.3 Å². The van der Waals surface area contributed by atoms with E-state index in [1.165, 1.54) is 18.2 Å². The van der Waals surface area contributed by atoms with Crippen LogP contribution in [0.3, 0.4) is 0 Å². The Morgan fingerprint density at radius 1 is 1.50 bits per heavy atom. The van der Waals surface area contributed by atoms with Crippen molar-refractivity contribution in [3.8, 4) is 6.07 Å². The van der Waals surface area contributed by atoms with Gasteiger partial charge in [0.15, 0.2) is 0 Å². The van der Waals surface area contributed by atoms with Gasteiger partial charge in [-0.2, -0.15) is 5.26 Å². The van der Waals surface area contributed by atoms with E-state index in [0.717, 1.165) is 13.1 Å². The highest BCUT2D eigenvalue weighted by Gasteiger charge is 2.35. The third kappa shape index (κ3) is 3.17. The third-order valence-electron chi connectivity index (χ3n) is 3.58. The second-order valence-corrected chi connectivity index (χ2v) is 5.93. The van der Waals surface area contributed by atoms with Crippen LogP contribution in [0.2, 0.25) is 0 Å². The molecule has 1 fully saturated rings. The molecule has 0 bridgehead atoms. The first-order chi connectivity index (χ1) is 9.46. The van der Waals surface area contributed by atoms with Crippen molar-refractivity contribution >= 4 is 21.8 Å². The molecule has 6 heteroatoms. The SMILES string of the molecule is CN1CCC(C#N)(NC(=O)c2cc(F)ccc2Br)CC1. The number of nitrogens with one attached hydrogen (secondary N) is 1. The number of nitrogens with zero attached hydrogens (tertiary/aromatic N) is 2. The van der Waals surface area contributed by atoms with E-state index in [1.807, 2.05) is 7.05 Å². The minimum Gasteiger partial charge on any atom is -0.334 e. The largest absolute Gasteiger partial charge is 0.334 e. The first-order valence-electron chi connectivity index (χ1n) is 6.33. The van der Waals surface area contributed by atoms with Crippen molar-refractivity contribution in [3.63, 3.8) is 0 Å². The molecule has 1 heterocycles. The Balaban J connectivity index is 2.18. The number of hydrogen-bond donors (Lipinski definition) is 1. The Kier molecular flexibility index (Phi) is 4.41. The average molecular weight is 340 g/mol. The maximum absolute atomic E-state index is 13.2. The van der Waals surface area contributed by atoms with Crippen molar-refractivity contribution in [3.05, 3.63) is 34.1 Å². The Morgan fingerprint density at radius 3 is 2.75 bits per heavy atom. The fourth-order valence-corrected chi connectivity index (χ4v) is 2.65. The molecule has 1 saturated heterocycles. The number of benzene rings is 1. The molecule has 0 atom stereocenters. The lowest BCUT2D eigenvalue weighted by molar-refractivity contribution is 0.0880. The number of hydrogen-bond acceptors (Lipinski definition) is 3. The molecule has 0 radical (unpaired) electrons. The Bertz CT molecular complexity index is 562. The number of amides is 1. The second-order valence-electron chi connectivity index (χ2n) is 5.08. The van der Waals surface area contributed by atoms with Crippen molar-refractivity contribution < 1.29 is 9.18 Å².